The molecule has 1 aliphatic rings. The van der Waals surface area contributed by atoms with Gasteiger partial charge in [0.1, 0.15) is 0 Å². The molecule has 0 spiro atoms. The Morgan fingerprint density at radius 2 is 1.93 bits per heavy atom. The Bertz CT molecular complexity index is 913. The minimum absolute atomic E-state index is 0.00878. The van der Waals surface area contributed by atoms with Crippen molar-refractivity contribution in [1.29, 1.82) is 0 Å². The van der Waals surface area contributed by atoms with Gasteiger partial charge in [0.05, 0.1) is 25.5 Å². The van der Waals surface area contributed by atoms with Crippen molar-refractivity contribution < 1.29 is 13.2 Å². The number of morpholine rings is 1. The van der Waals surface area contributed by atoms with E-state index in [-0.39, 0.29) is 12.3 Å². The zero-order valence-electron chi connectivity index (χ0n) is 16.4. The van der Waals surface area contributed by atoms with E-state index < -0.39 is 10.0 Å². The lowest BCUT2D eigenvalue weighted by atomic mass is 10.2. The fourth-order valence-corrected chi connectivity index (χ4v) is 3.90. The maximum absolute atomic E-state index is 12.5. The van der Waals surface area contributed by atoms with Crippen molar-refractivity contribution in [3.63, 3.8) is 0 Å². The van der Waals surface area contributed by atoms with E-state index in [1.54, 1.807) is 11.0 Å². The Morgan fingerprint density at radius 1 is 1.18 bits per heavy atom. The van der Waals surface area contributed by atoms with Crippen LogP contribution in [-0.4, -0.2) is 63.8 Å². The van der Waals surface area contributed by atoms with E-state index in [1.165, 1.54) is 0 Å². The van der Waals surface area contributed by atoms with Gasteiger partial charge >= 0.3 is 0 Å². The van der Waals surface area contributed by atoms with E-state index in [0.29, 0.717) is 44.0 Å². The second-order valence-electron chi connectivity index (χ2n) is 6.91. The average molecular weight is 407 g/mol. The molecular formula is C18H26N6O3S. The molecule has 1 aromatic heterocycles. The zero-order chi connectivity index (χ0) is 20.1. The van der Waals surface area contributed by atoms with Gasteiger partial charge in [0.2, 0.25) is 21.9 Å². The van der Waals surface area contributed by atoms with Gasteiger partial charge in [-0.1, -0.05) is 29.8 Å². The van der Waals surface area contributed by atoms with Crippen LogP contribution in [0.15, 0.2) is 24.3 Å². The van der Waals surface area contributed by atoms with Crippen LogP contribution in [0.1, 0.15) is 17.0 Å². The van der Waals surface area contributed by atoms with E-state index >= 15 is 0 Å². The molecule has 1 aromatic carbocycles. The lowest BCUT2D eigenvalue weighted by Crippen LogP contribution is -2.38. The van der Waals surface area contributed by atoms with Gasteiger partial charge in [-0.05, 0) is 12.5 Å². The first-order chi connectivity index (χ1) is 13.3. The third-order valence-corrected chi connectivity index (χ3v) is 5.54. The number of anilines is 2. The van der Waals surface area contributed by atoms with E-state index in [9.17, 15) is 8.42 Å². The first-order valence-corrected chi connectivity index (χ1v) is 10.8. The molecule has 0 aliphatic carbocycles. The van der Waals surface area contributed by atoms with E-state index in [1.807, 2.05) is 44.1 Å². The number of benzene rings is 1. The molecule has 0 saturated carbocycles. The molecule has 0 radical (unpaired) electrons. The second-order valence-corrected chi connectivity index (χ2v) is 8.72. The standard InChI is InChI=1S/C18H26N6O3S/c1-14-5-4-6-15(11-14)13-28(25,26)19-12-16-20-17(23(2)3)22-18(21-16)24-7-9-27-10-8-24/h4-6,11,19H,7-10,12-13H2,1-3H3. The predicted molar refractivity (Wildman–Crippen MR) is 108 cm³/mol. The van der Waals surface area contributed by atoms with E-state index in [4.69, 9.17) is 4.74 Å². The van der Waals surface area contributed by atoms with Crippen LogP contribution in [0.2, 0.25) is 0 Å². The van der Waals surface area contributed by atoms with E-state index in [2.05, 4.69) is 19.7 Å². The van der Waals surface area contributed by atoms with Gasteiger partial charge in [0.15, 0.2) is 5.82 Å². The Balaban J connectivity index is 1.74. The maximum atomic E-state index is 12.5. The molecule has 1 N–H and O–H groups in total. The van der Waals surface area contributed by atoms with Crippen molar-refractivity contribution in [2.45, 2.75) is 19.2 Å². The van der Waals surface area contributed by atoms with Gasteiger partial charge in [-0.2, -0.15) is 15.0 Å². The number of ether oxygens (including phenoxy) is 1. The molecule has 1 fully saturated rings. The minimum Gasteiger partial charge on any atom is -0.378 e. The molecule has 0 bridgehead atoms. The Labute approximate surface area is 165 Å². The molecule has 3 rings (SSSR count). The third-order valence-electron chi connectivity index (χ3n) is 4.24. The number of hydrogen-bond acceptors (Lipinski definition) is 8. The highest BCUT2D eigenvalue weighted by Gasteiger charge is 2.18. The van der Waals surface area contributed by atoms with Crippen LogP contribution in [0, 0.1) is 6.92 Å². The smallest absolute Gasteiger partial charge is 0.230 e. The van der Waals surface area contributed by atoms with Crippen LogP contribution in [0.5, 0.6) is 0 Å². The third kappa shape index (κ3) is 5.60. The average Bonchev–Trinajstić information content (AvgIpc) is 2.66. The van der Waals surface area contributed by atoms with Crippen molar-refractivity contribution >= 4 is 21.9 Å². The lowest BCUT2D eigenvalue weighted by molar-refractivity contribution is 0.122. The maximum Gasteiger partial charge on any atom is 0.230 e. The normalized spacial score (nSPS) is 14.9. The highest BCUT2D eigenvalue weighted by atomic mass is 32.2. The molecule has 1 aliphatic heterocycles. The topological polar surface area (TPSA) is 101 Å². The first-order valence-electron chi connectivity index (χ1n) is 9.10. The summed E-state index contributed by atoms with van der Waals surface area (Å²) in [6.45, 7) is 4.55. The molecule has 9 nitrogen and oxygen atoms in total. The fraction of sp³-hybridized carbons (Fsp3) is 0.500. The molecular weight excluding hydrogens is 380 g/mol. The number of nitrogens with zero attached hydrogens (tertiary/aromatic N) is 5. The predicted octanol–water partition coefficient (Wildman–Crippen LogP) is 0.702. The largest absolute Gasteiger partial charge is 0.378 e. The lowest BCUT2D eigenvalue weighted by Gasteiger charge is -2.27. The van der Waals surface area contributed by atoms with Crippen LogP contribution in [0.25, 0.3) is 0 Å². The molecule has 0 atom stereocenters. The summed E-state index contributed by atoms with van der Waals surface area (Å²) in [5.41, 5.74) is 1.77. The number of hydrogen-bond donors (Lipinski definition) is 1. The summed E-state index contributed by atoms with van der Waals surface area (Å²) in [5, 5.41) is 0. The zero-order valence-corrected chi connectivity index (χ0v) is 17.2. The Morgan fingerprint density at radius 3 is 2.61 bits per heavy atom. The molecule has 10 heteroatoms. The monoisotopic (exact) mass is 406 g/mol. The van der Waals surface area contributed by atoms with Crippen molar-refractivity contribution in [2.24, 2.45) is 0 Å². The quantitative estimate of drug-likeness (QED) is 0.717. The van der Waals surface area contributed by atoms with Crippen LogP contribution >= 0.6 is 0 Å². The van der Waals surface area contributed by atoms with Crippen LogP contribution in [0.3, 0.4) is 0 Å². The van der Waals surface area contributed by atoms with Gasteiger partial charge in [-0.15, -0.1) is 0 Å². The molecule has 0 amide bonds. The van der Waals surface area contributed by atoms with Crippen LogP contribution in [0.4, 0.5) is 11.9 Å². The second kappa shape index (κ2) is 8.80. The number of aromatic nitrogens is 3. The molecule has 0 unspecified atom stereocenters. The Kier molecular flexibility index (Phi) is 6.42. The fourth-order valence-electron chi connectivity index (χ4n) is 2.83. The van der Waals surface area contributed by atoms with Crippen molar-refractivity contribution in [2.75, 3.05) is 50.2 Å². The van der Waals surface area contributed by atoms with Crippen LogP contribution in [-0.2, 0) is 27.1 Å². The molecule has 1 saturated heterocycles. The summed E-state index contributed by atoms with van der Waals surface area (Å²) < 4.78 is 32.9. The van der Waals surface area contributed by atoms with Gasteiger partial charge in [-0.3, -0.25) is 0 Å². The number of rotatable bonds is 7. The summed E-state index contributed by atoms with van der Waals surface area (Å²) in [5.74, 6) is 1.32. The van der Waals surface area contributed by atoms with Gasteiger partial charge < -0.3 is 14.5 Å². The van der Waals surface area contributed by atoms with Crippen molar-refractivity contribution in [3.8, 4) is 0 Å². The first kappa shape index (κ1) is 20.4. The van der Waals surface area contributed by atoms with Gasteiger partial charge in [0, 0.05) is 27.2 Å². The van der Waals surface area contributed by atoms with E-state index in [0.717, 1.165) is 11.1 Å². The van der Waals surface area contributed by atoms with Crippen molar-refractivity contribution in [3.05, 3.63) is 41.2 Å². The summed E-state index contributed by atoms with van der Waals surface area (Å²) in [6, 6.07) is 7.45. The summed E-state index contributed by atoms with van der Waals surface area (Å²) in [6.07, 6.45) is 0. The number of nitrogens with one attached hydrogen (secondary N) is 1. The molecule has 2 heterocycles. The summed E-state index contributed by atoms with van der Waals surface area (Å²) >= 11 is 0. The SMILES string of the molecule is Cc1cccc(CS(=O)(=O)NCc2nc(N(C)C)nc(N3CCOCC3)n2)c1. The number of sulfonamides is 1. The van der Waals surface area contributed by atoms with Crippen molar-refractivity contribution in [1.82, 2.24) is 19.7 Å². The highest BCUT2D eigenvalue weighted by molar-refractivity contribution is 7.88. The van der Waals surface area contributed by atoms with Crippen LogP contribution < -0.4 is 14.5 Å². The molecule has 2 aromatic rings. The molecule has 152 valence electrons. The minimum atomic E-state index is -3.52. The highest BCUT2D eigenvalue weighted by Crippen LogP contribution is 2.15. The Hall–Kier alpha value is -2.30. The summed E-state index contributed by atoms with van der Waals surface area (Å²) in [4.78, 5) is 17.1. The summed E-state index contributed by atoms with van der Waals surface area (Å²) in [7, 11) is 0.157. The van der Waals surface area contributed by atoms with Gasteiger partial charge in [0.25, 0.3) is 0 Å². The van der Waals surface area contributed by atoms with Gasteiger partial charge in [-0.25, -0.2) is 13.1 Å². The number of aryl methyl sites for hydroxylation is 1. The molecule has 28 heavy (non-hydrogen) atoms.